The van der Waals surface area contributed by atoms with E-state index in [1.807, 2.05) is 0 Å². The van der Waals surface area contributed by atoms with Crippen molar-refractivity contribution < 1.29 is 4.74 Å². The van der Waals surface area contributed by atoms with Crippen molar-refractivity contribution in [3.05, 3.63) is 24.3 Å². The van der Waals surface area contributed by atoms with Crippen LogP contribution in [0.15, 0.2) is 24.3 Å². The second-order valence-electron chi connectivity index (χ2n) is 5.50. The Morgan fingerprint density at radius 3 is 2.70 bits per heavy atom. The third-order valence-electron chi connectivity index (χ3n) is 3.82. The number of nitrogens with one attached hydrogen (secondary N) is 1. The van der Waals surface area contributed by atoms with E-state index >= 15 is 0 Å². The summed E-state index contributed by atoms with van der Waals surface area (Å²) in [6.45, 7) is 7.40. The topological polar surface area (TPSA) is 24.5 Å². The van der Waals surface area contributed by atoms with Crippen molar-refractivity contribution in [3.63, 3.8) is 0 Å². The van der Waals surface area contributed by atoms with Crippen molar-refractivity contribution in [2.45, 2.75) is 39.0 Å². The number of piperazine rings is 1. The third kappa shape index (κ3) is 5.04. The molecule has 112 valence electrons. The molecule has 3 nitrogen and oxygen atoms in total. The van der Waals surface area contributed by atoms with Crippen LogP contribution < -0.4 is 15.0 Å². The molecule has 0 aliphatic carbocycles. The van der Waals surface area contributed by atoms with Gasteiger partial charge in [0.1, 0.15) is 5.75 Å². The predicted molar refractivity (Wildman–Crippen MR) is 85.8 cm³/mol. The van der Waals surface area contributed by atoms with Crippen LogP contribution in [0.4, 0.5) is 5.69 Å². The smallest absolute Gasteiger partial charge is 0.121 e. The molecule has 1 N–H and O–H groups in total. The number of ether oxygens (including phenoxy) is 1. The van der Waals surface area contributed by atoms with Gasteiger partial charge in [0, 0.05) is 37.9 Å². The van der Waals surface area contributed by atoms with Crippen LogP contribution in [0.25, 0.3) is 0 Å². The lowest BCUT2D eigenvalue weighted by atomic mass is 10.2. The summed E-state index contributed by atoms with van der Waals surface area (Å²) in [7, 11) is 0. The van der Waals surface area contributed by atoms with Crippen LogP contribution in [-0.4, -0.2) is 32.8 Å². The summed E-state index contributed by atoms with van der Waals surface area (Å²) in [6.07, 6.45) is 6.43. The van der Waals surface area contributed by atoms with Crippen LogP contribution in [0.1, 0.15) is 39.0 Å². The van der Waals surface area contributed by atoms with E-state index in [-0.39, 0.29) is 0 Å². The Hall–Kier alpha value is -1.22. The molecule has 1 saturated heterocycles. The zero-order chi connectivity index (χ0) is 14.0. The molecule has 1 aromatic carbocycles. The van der Waals surface area contributed by atoms with E-state index in [0.29, 0.717) is 0 Å². The highest BCUT2D eigenvalue weighted by atomic mass is 16.5. The minimum absolute atomic E-state index is 0.842. The maximum absolute atomic E-state index is 5.88. The highest BCUT2D eigenvalue weighted by Crippen LogP contribution is 2.21. The van der Waals surface area contributed by atoms with Gasteiger partial charge in [-0.3, -0.25) is 0 Å². The molecule has 1 fully saturated rings. The minimum Gasteiger partial charge on any atom is -0.494 e. The van der Waals surface area contributed by atoms with Crippen molar-refractivity contribution >= 4 is 5.69 Å². The third-order valence-corrected chi connectivity index (χ3v) is 3.82. The number of nitrogens with zero attached hydrogens (tertiary/aromatic N) is 1. The van der Waals surface area contributed by atoms with Gasteiger partial charge in [0.15, 0.2) is 0 Å². The largest absolute Gasteiger partial charge is 0.494 e. The van der Waals surface area contributed by atoms with E-state index in [1.165, 1.54) is 31.4 Å². The van der Waals surface area contributed by atoms with Gasteiger partial charge in [0.25, 0.3) is 0 Å². The lowest BCUT2D eigenvalue weighted by molar-refractivity contribution is 0.304. The molecule has 0 atom stereocenters. The Morgan fingerprint density at radius 1 is 1.10 bits per heavy atom. The summed E-state index contributed by atoms with van der Waals surface area (Å²) in [5.41, 5.74) is 1.29. The lowest BCUT2D eigenvalue weighted by Crippen LogP contribution is -2.43. The SMILES string of the molecule is CCCCCCCOc1cccc(N2CCNCC2)c1. The van der Waals surface area contributed by atoms with Crippen molar-refractivity contribution in [1.29, 1.82) is 0 Å². The Bertz CT molecular complexity index is 375. The Morgan fingerprint density at radius 2 is 1.90 bits per heavy atom. The number of unbranched alkanes of at least 4 members (excludes halogenated alkanes) is 4. The van der Waals surface area contributed by atoms with E-state index < -0.39 is 0 Å². The fourth-order valence-electron chi connectivity index (χ4n) is 2.59. The molecular weight excluding hydrogens is 248 g/mol. The van der Waals surface area contributed by atoms with Gasteiger partial charge in [-0.2, -0.15) is 0 Å². The average Bonchev–Trinajstić information content (AvgIpc) is 2.52. The summed E-state index contributed by atoms with van der Waals surface area (Å²) in [6, 6.07) is 8.53. The molecule has 20 heavy (non-hydrogen) atoms. The fraction of sp³-hybridized carbons (Fsp3) is 0.647. The lowest BCUT2D eigenvalue weighted by Gasteiger charge is -2.29. The summed E-state index contributed by atoms with van der Waals surface area (Å²) in [5.74, 6) is 1.01. The second-order valence-corrected chi connectivity index (χ2v) is 5.50. The average molecular weight is 276 g/mol. The summed E-state index contributed by atoms with van der Waals surface area (Å²) in [5, 5.41) is 3.38. The van der Waals surface area contributed by atoms with E-state index in [9.17, 15) is 0 Å². The van der Waals surface area contributed by atoms with Gasteiger partial charge >= 0.3 is 0 Å². The molecule has 1 aliphatic heterocycles. The van der Waals surface area contributed by atoms with Gasteiger partial charge in [-0.05, 0) is 18.6 Å². The highest BCUT2D eigenvalue weighted by Gasteiger charge is 2.10. The highest BCUT2D eigenvalue weighted by molar-refractivity contribution is 5.51. The maximum atomic E-state index is 5.88. The van der Waals surface area contributed by atoms with E-state index in [4.69, 9.17) is 4.74 Å². The van der Waals surface area contributed by atoms with E-state index in [0.717, 1.165) is 45.0 Å². The van der Waals surface area contributed by atoms with Gasteiger partial charge in [-0.25, -0.2) is 0 Å². The molecule has 1 heterocycles. The minimum atomic E-state index is 0.842. The van der Waals surface area contributed by atoms with Gasteiger partial charge in [-0.1, -0.05) is 38.7 Å². The molecular formula is C17H28N2O. The summed E-state index contributed by atoms with van der Waals surface area (Å²) in [4.78, 5) is 2.42. The zero-order valence-electron chi connectivity index (χ0n) is 12.7. The molecule has 1 aliphatic rings. The molecule has 0 aromatic heterocycles. The molecule has 0 unspecified atom stereocenters. The molecule has 0 spiro atoms. The zero-order valence-corrected chi connectivity index (χ0v) is 12.7. The van der Waals surface area contributed by atoms with Crippen LogP contribution in [0.3, 0.4) is 0 Å². The number of anilines is 1. The molecule has 1 aromatic rings. The monoisotopic (exact) mass is 276 g/mol. The fourth-order valence-corrected chi connectivity index (χ4v) is 2.59. The number of rotatable bonds is 8. The second kappa shape index (κ2) is 8.85. The predicted octanol–water partition coefficient (Wildman–Crippen LogP) is 3.45. The molecule has 0 bridgehead atoms. The van der Waals surface area contributed by atoms with Crippen molar-refractivity contribution in [2.75, 3.05) is 37.7 Å². The van der Waals surface area contributed by atoms with Crippen LogP contribution in [0.2, 0.25) is 0 Å². The molecule has 0 radical (unpaired) electrons. The normalized spacial score (nSPS) is 15.3. The number of benzene rings is 1. The molecule has 2 rings (SSSR count). The summed E-state index contributed by atoms with van der Waals surface area (Å²) < 4.78 is 5.88. The Labute approximate surface area is 123 Å². The van der Waals surface area contributed by atoms with Crippen molar-refractivity contribution in [1.82, 2.24) is 5.32 Å². The standard InChI is InChI=1S/C17H28N2O/c1-2-3-4-5-6-14-20-17-9-7-8-16(15-17)19-12-10-18-11-13-19/h7-9,15,18H,2-6,10-14H2,1H3. The Balaban J connectivity index is 1.74. The van der Waals surface area contributed by atoms with E-state index in [1.54, 1.807) is 0 Å². The van der Waals surface area contributed by atoms with Gasteiger partial charge in [0.05, 0.1) is 6.61 Å². The van der Waals surface area contributed by atoms with Gasteiger partial charge < -0.3 is 15.0 Å². The molecule has 3 heteroatoms. The van der Waals surface area contributed by atoms with Crippen molar-refractivity contribution in [2.24, 2.45) is 0 Å². The van der Waals surface area contributed by atoms with Crippen LogP contribution in [0, 0.1) is 0 Å². The maximum Gasteiger partial charge on any atom is 0.121 e. The van der Waals surface area contributed by atoms with Crippen molar-refractivity contribution in [3.8, 4) is 5.75 Å². The summed E-state index contributed by atoms with van der Waals surface area (Å²) >= 11 is 0. The number of hydrogen-bond acceptors (Lipinski definition) is 3. The van der Waals surface area contributed by atoms with Gasteiger partial charge in [-0.15, -0.1) is 0 Å². The molecule has 0 amide bonds. The number of hydrogen-bond donors (Lipinski definition) is 1. The Kier molecular flexibility index (Phi) is 6.72. The van der Waals surface area contributed by atoms with Crippen LogP contribution >= 0.6 is 0 Å². The first kappa shape index (κ1) is 15.2. The van der Waals surface area contributed by atoms with E-state index in [2.05, 4.69) is 41.4 Å². The van der Waals surface area contributed by atoms with Crippen LogP contribution in [0.5, 0.6) is 5.75 Å². The first-order valence-corrected chi connectivity index (χ1v) is 8.08. The van der Waals surface area contributed by atoms with Crippen LogP contribution in [-0.2, 0) is 0 Å². The molecule has 0 saturated carbocycles. The first-order chi connectivity index (χ1) is 9.90. The first-order valence-electron chi connectivity index (χ1n) is 8.08. The van der Waals surface area contributed by atoms with Gasteiger partial charge in [0.2, 0.25) is 0 Å². The quantitative estimate of drug-likeness (QED) is 0.736.